The van der Waals surface area contributed by atoms with Crippen molar-refractivity contribution in [2.45, 2.75) is 52.4 Å². The largest absolute Gasteiger partial charge is 0.0561 e. The third kappa shape index (κ3) is 7.15. The molecule has 0 nitrogen and oxygen atoms in total. The van der Waals surface area contributed by atoms with Crippen LogP contribution in [0, 0.1) is 0 Å². The highest BCUT2D eigenvalue weighted by molar-refractivity contribution is 9.11. The molecule has 12 bridgehead atoms. The Morgan fingerprint density at radius 2 is 0.480 bits per heavy atom. The molecule has 0 spiro atoms. The number of hydrogen-bond acceptors (Lipinski definition) is 0. The van der Waals surface area contributed by atoms with E-state index in [4.69, 9.17) is 0 Å². The zero-order valence-corrected chi connectivity index (χ0v) is 32.8. The van der Waals surface area contributed by atoms with Crippen LogP contribution in [0.3, 0.4) is 0 Å². The topological polar surface area (TPSA) is 0 Å². The van der Waals surface area contributed by atoms with Gasteiger partial charge in [0.25, 0.3) is 0 Å². The lowest BCUT2D eigenvalue weighted by atomic mass is 9.85. The van der Waals surface area contributed by atoms with Gasteiger partial charge in [-0.1, -0.05) is 163 Å². The molecule has 0 saturated carbocycles. The Hall–Kier alpha value is -4.24. The van der Waals surface area contributed by atoms with E-state index >= 15 is 0 Å². The Morgan fingerprint density at radius 1 is 0.300 bits per heavy atom. The number of rotatable bonds is 0. The van der Waals surface area contributed by atoms with Crippen LogP contribution < -0.4 is 0 Å². The van der Waals surface area contributed by atoms with Crippen LogP contribution >= 0.6 is 31.9 Å². The molecule has 2 heteroatoms. The first kappa shape index (κ1) is 34.2. The Labute approximate surface area is 312 Å². The normalized spacial score (nSPS) is 12.0. The highest BCUT2D eigenvalue weighted by Gasteiger charge is 2.17. The minimum atomic E-state index is 0.00804. The minimum absolute atomic E-state index is 0.00804. The molecule has 0 aliphatic carbocycles. The van der Waals surface area contributed by atoms with Crippen molar-refractivity contribution in [1.82, 2.24) is 0 Å². The summed E-state index contributed by atoms with van der Waals surface area (Å²) in [7, 11) is 0. The lowest BCUT2D eigenvalue weighted by molar-refractivity contribution is 0.591. The van der Waals surface area contributed by atoms with E-state index in [1.807, 2.05) is 0 Å². The van der Waals surface area contributed by atoms with E-state index in [-0.39, 0.29) is 10.8 Å². The van der Waals surface area contributed by atoms with Gasteiger partial charge in [0.1, 0.15) is 0 Å². The van der Waals surface area contributed by atoms with Crippen LogP contribution in [0.4, 0.5) is 0 Å². The van der Waals surface area contributed by atoms with Gasteiger partial charge >= 0.3 is 0 Å². The highest BCUT2D eigenvalue weighted by Crippen LogP contribution is 2.37. The second-order valence-electron chi connectivity index (χ2n) is 15.4. The molecular formula is C48H42Br2. The zero-order valence-electron chi connectivity index (χ0n) is 29.6. The maximum absolute atomic E-state index is 4.03. The Kier molecular flexibility index (Phi) is 9.22. The summed E-state index contributed by atoms with van der Waals surface area (Å²) in [5, 5.41) is 14.3. The molecule has 0 aliphatic rings. The summed E-state index contributed by atoms with van der Waals surface area (Å²) in [6, 6.07) is 53.8. The van der Waals surface area contributed by atoms with E-state index in [0.717, 1.165) is 8.95 Å². The number of benzene rings is 6. The van der Waals surface area contributed by atoms with Gasteiger partial charge in [-0.25, -0.2) is 0 Å². The fourth-order valence-corrected chi connectivity index (χ4v) is 7.81. The van der Waals surface area contributed by atoms with Crippen molar-refractivity contribution in [1.29, 1.82) is 0 Å². The third-order valence-electron chi connectivity index (χ3n) is 9.70. The van der Waals surface area contributed by atoms with Gasteiger partial charge in [-0.2, -0.15) is 0 Å². The fourth-order valence-electron chi connectivity index (χ4n) is 6.44. The van der Waals surface area contributed by atoms with Gasteiger partial charge in [-0.05, 0) is 143 Å². The molecule has 0 aliphatic heterocycles. The predicted octanol–water partition coefficient (Wildman–Crippen LogP) is 15.5. The first-order valence-corrected chi connectivity index (χ1v) is 18.9. The molecule has 0 fully saturated rings. The van der Waals surface area contributed by atoms with Crippen molar-refractivity contribution in [3.63, 3.8) is 0 Å². The Bertz CT molecular complexity index is 2200. The lowest BCUT2D eigenvalue weighted by Crippen LogP contribution is -2.10. The van der Waals surface area contributed by atoms with Gasteiger partial charge in [-0.15, -0.1) is 0 Å². The van der Waals surface area contributed by atoms with Gasteiger partial charge in [0, 0.05) is 8.95 Å². The van der Waals surface area contributed by atoms with Crippen molar-refractivity contribution in [3.05, 3.63) is 166 Å². The van der Waals surface area contributed by atoms with Crippen LogP contribution in [0.2, 0.25) is 0 Å². The SMILES string of the molecule is CC(C)(C)c1cc2c(Br)c(c1)c1ccc(ccc3ccc(cc3)c3cc(C(C)(C)C)cc(c3Br)c3ccc(ccc4ccc2cc4)cc3)cc1. The first-order chi connectivity index (χ1) is 23.8. The number of halogens is 2. The van der Waals surface area contributed by atoms with Crippen molar-refractivity contribution in [2.24, 2.45) is 0 Å². The average Bonchev–Trinajstić information content (AvgIpc) is 3.10. The zero-order chi connectivity index (χ0) is 35.2. The monoisotopic (exact) mass is 776 g/mol. The van der Waals surface area contributed by atoms with Crippen molar-refractivity contribution < 1.29 is 0 Å². The van der Waals surface area contributed by atoms with Gasteiger partial charge in [0.15, 0.2) is 0 Å². The van der Waals surface area contributed by atoms with Crippen LogP contribution in [-0.2, 0) is 10.8 Å². The summed E-state index contributed by atoms with van der Waals surface area (Å²) < 4.78 is 2.23. The quantitative estimate of drug-likeness (QED) is 0.144. The molecule has 0 heterocycles. The lowest BCUT2D eigenvalue weighted by Gasteiger charge is -2.20. The summed E-state index contributed by atoms with van der Waals surface area (Å²) in [4.78, 5) is 0. The van der Waals surface area contributed by atoms with Crippen molar-refractivity contribution >= 4 is 96.5 Å². The van der Waals surface area contributed by atoms with Crippen LogP contribution in [-0.4, -0.2) is 0 Å². The second kappa shape index (κ2) is 13.5. The molecule has 0 atom stereocenters. The summed E-state index contributed by atoms with van der Waals surface area (Å²) in [5.74, 6) is 0. The van der Waals surface area contributed by atoms with E-state index in [0.29, 0.717) is 0 Å². The van der Waals surface area contributed by atoms with Crippen molar-refractivity contribution in [2.75, 3.05) is 0 Å². The van der Waals surface area contributed by atoms with E-state index in [2.05, 4.69) is 219 Å². The molecule has 13 aromatic carbocycles. The average molecular weight is 779 g/mol. The molecule has 13 rings (SSSR count). The Balaban J connectivity index is 1.53. The smallest absolute Gasteiger partial charge is 0.0332 e. The second-order valence-corrected chi connectivity index (χ2v) is 17.0. The van der Waals surface area contributed by atoms with Gasteiger partial charge in [0.2, 0.25) is 0 Å². The molecule has 248 valence electrons. The van der Waals surface area contributed by atoms with Crippen LogP contribution in [0.15, 0.2) is 155 Å². The van der Waals surface area contributed by atoms with Crippen molar-refractivity contribution in [3.8, 4) is 0 Å². The first-order valence-electron chi connectivity index (χ1n) is 17.3. The van der Waals surface area contributed by atoms with E-state index in [9.17, 15) is 0 Å². The van der Waals surface area contributed by atoms with Gasteiger partial charge in [0.05, 0.1) is 0 Å². The van der Waals surface area contributed by atoms with Crippen LogP contribution in [0.1, 0.15) is 52.7 Å². The summed E-state index contributed by atoms with van der Waals surface area (Å²) in [5.41, 5.74) is 2.64. The number of hydrogen-bond donors (Lipinski definition) is 0. The summed E-state index contributed by atoms with van der Waals surface area (Å²) in [6.07, 6.45) is 0. The molecule has 13 aromatic rings. The van der Waals surface area contributed by atoms with Gasteiger partial charge in [-0.3, -0.25) is 0 Å². The summed E-state index contributed by atoms with van der Waals surface area (Å²) in [6.45, 7) is 13.7. The molecule has 0 unspecified atom stereocenters. The van der Waals surface area contributed by atoms with E-state index in [1.165, 1.54) is 75.8 Å². The fraction of sp³-hybridized carbons (Fsp3) is 0.167. The molecule has 0 saturated heterocycles. The molecular weight excluding hydrogens is 736 g/mol. The van der Waals surface area contributed by atoms with E-state index < -0.39 is 0 Å². The molecule has 50 heavy (non-hydrogen) atoms. The Morgan fingerprint density at radius 3 is 0.660 bits per heavy atom. The molecule has 0 radical (unpaired) electrons. The highest BCUT2D eigenvalue weighted by atomic mass is 79.9. The van der Waals surface area contributed by atoms with E-state index in [1.54, 1.807) is 0 Å². The predicted molar refractivity (Wildman–Crippen MR) is 228 cm³/mol. The van der Waals surface area contributed by atoms with Crippen LogP contribution in [0.25, 0.3) is 64.6 Å². The molecule has 0 N–H and O–H groups in total. The maximum atomic E-state index is 4.03. The summed E-state index contributed by atoms with van der Waals surface area (Å²) >= 11 is 8.06. The third-order valence-corrected chi connectivity index (χ3v) is 11.4. The minimum Gasteiger partial charge on any atom is -0.0561 e. The maximum Gasteiger partial charge on any atom is 0.0332 e. The van der Waals surface area contributed by atoms with Crippen LogP contribution in [0.5, 0.6) is 0 Å². The standard InChI is InChI=1S/C48H42Br2/c1-47(2,3)39-27-41-35-19-11-31(12-20-35)7-9-33-15-23-37(24-16-33)43-29-40(48(4,5)6)30-44(46(43)50)38-25-17-34(18-26-38)10-8-32-13-21-36(22-14-32)42(28-39)45(41)49/h7-30H,1-6H3. The van der Waals surface area contributed by atoms with Gasteiger partial charge < -0.3 is 0 Å². The molecule has 0 aromatic heterocycles. The molecule has 0 amide bonds.